The van der Waals surface area contributed by atoms with Crippen LogP contribution in [0.25, 0.3) is 0 Å². The van der Waals surface area contributed by atoms with Gasteiger partial charge in [-0.2, -0.15) is 0 Å². The third-order valence-electron chi connectivity index (χ3n) is 2.96. The number of carbonyl (C=O) groups is 2. The van der Waals surface area contributed by atoms with E-state index >= 15 is 0 Å². The Morgan fingerprint density at radius 1 is 1.21 bits per heavy atom. The molecule has 1 atom stereocenters. The molecule has 0 spiro atoms. The standard InChI is InChI=1S/C13H18N4O2/c1-9-4-6-10(7-5-9)14-15-11-8-12(18)17(13(11)19)16(2)3/h4-7,11,14-15H,8H2,1-3H3/t11-/m0/s1. The van der Waals surface area contributed by atoms with E-state index in [2.05, 4.69) is 10.9 Å². The van der Waals surface area contributed by atoms with E-state index in [1.165, 1.54) is 5.01 Å². The van der Waals surface area contributed by atoms with Crippen molar-refractivity contribution in [3.05, 3.63) is 29.8 Å². The van der Waals surface area contributed by atoms with Gasteiger partial charge >= 0.3 is 0 Å². The quantitative estimate of drug-likeness (QED) is 0.611. The van der Waals surface area contributed by atoms with Crippen molar-refractivity contribution in [2.24, 2.45) is 0 Å². The highest BCUT2D eigenvalue weighted by Crippen LogP contribution is 2.14. The minimum absolute atomic E-state index is 0.163. The molecule has 1 aliphatic heterocycles. The fourth-order valence-electron chi connectivity index (χ4n) is 1.96. The van der Waals surface area contributed by atoms with Crippen LogP contribution in [0.1, 0.15) is 12.0 Å². The monoisotopic (exact) mass is 262 g/mol. The lowest BCUT2D eigenvalue weighted by atomic mass is 10.2. The molecule has 0 saturated carbocycles. The number of hydrazine groups is 2. The van der Waals surface area contributed by atoms with Crippen LogP contribution in [-0.2, 0) is 9.59 Å². The number of aryl methyl sites for hydroxylation is 1. The summed E-state index contributed by atoms with van der Waals surface area (Å²) in [5.41, 5.74) is 7.87. The van der Waals surface area contributed by atoms with Crippen molar-refractivity contribution in [3.63, 3.8) is 0 Å². The van der Waals surface area contributed by atoms with Crippen molar-refractivity contribution < 1.29 is 9.59 Å². The zero-order chi connectivity index (χ0) is 14.0. The Balaban J connectivity index is 1.96. The van der Waals surface area contributed by atoms with Gasteiger partial charge in [0.2, 0.25) is 5.91 Å². The van der Waals surface area contributed by atoms with E-state index < -0.39 is 6.04 Å². The lowest BCUT2D eigenvalue weighted by Gasteiger charge is -2.22. The highest BCUT2D eigenvalue weighted by molar-refractivity contribution is 6.05. The number of anilines is 1. The van der Waals surface area contributed by atoms with Gasteiger partial charge in [-0.25, -0.2) is 15.4 Å². The largest absolute Gasteiger partial charge is 0.321 e. The second-order valence-electron chi connectivity index (χ2n) is 4.78. The third kappa shape index (κ3) is 2.91. The molecule has 0 bridgehead atoms. The maximum absolute atomic E-state index is 12.0. The van der Waals surface area contributed by atoms with Crippen molar-refractivity contribution in [1.82, 2.24) is 15.4 Å². The number of hydrogen-bond donors (Lipinski definition) is 2. The van der Waals surface area contributed by atoms with Gasteiger partial charge < -0.3 is 5.43 Å². The summed E-state index contributed by atoms with van der Waals surface area (Å²) in [5, 5.41) is 2.65. The number of nitrogens with zero attached hydrogens (tertiary/aromatic N) is 2. The lowest BCUT2D eigenvalue weighted by Crippen LogP contribution is -2.46. The highest BCUT2D eigenvalue weighted by atomic mass is 16.2. The van der Waals surface area contributed by atoms with Gasteiger partial charge in [0.25, 0.3) is 5.91 Å². The van der Waals surface area contributed by atoms with Gasteiger partial charge in [0, 0.05) is 19.8 Å². The molecule has 1 fully saturated rings. The second kappa shape index (κ2) is 5.38. The van der Waals surface area contributed by atoms with Crippen molar-refractivity contribution in [2.75, 3.05) is 19.5 Å². The molecule has 102 valence electrons. The van der Waals surface area contributed by atoms with Gasteiger partial charge in [-0.3, -0.25) is 9.59 Å². The lowest BCUT2D eigenvalue weighted by molar-refractivity contribution is -0.153. The van der Waals surface area contributed by atoms with Crippen LogP contribution in [0, 0.1) is 6.92 Å². The first-order chi connectivity index (χ1) is 8.99. The van der Waals surface area contributed by atoms with Gasteiger partial charge in [-0.1, -0.05) is 17.7 Å². The van der Waals surface area contributed by atoms with E-state index in [-0.39, 0.29) is 18.2 Å². The molecule has 0 aliphatic carbocycles. The Hall–Kier alpha value is -1.92. The summed E-state index contributed by atoms with van der Waals surface area (Å²) in [6.07, 6.45) is 0.163. The molecule has 1 saturated heterocycles. The molecule has 0 radical (unpaired) electrons. The summed E-state index contributed by atoms with van der Waals surface area (Å²) in [6.45, 7) is 2.01. The Bertz CT molecular complexity index is 484. The molecule has 1 aliphatic rings. The van der Waals surface area contributed by atoms with Gasteiger partial charge in [0.05, 0.1) is 6.42 Å². The van der Waals surface area contributed by atoms with E-state index in [1.54, 1.807) is 14.1 Å². The third-order valence-corrected chi connectivity index (χ3v) is 2.96. The predicted octanol–water partition coefficient (Wildman–Crippen LogP) is 0.516. The topological polar surface area (TPSA) is 64.7 Å². The van der Waals surface area contributed by atoms with Crippen LogP contribution >= 0.6 is 0 Å². The zero-order valence-electron chi connectivity index (χ0n) is 11.3. The number of amides is 2. The Labute approximate surface area is 112 Å². The maximum atomic E-state index is 12.0. The Kier molecular flexibility index (Phi) is 3.82. The molecule has 6 nitrogen and oxygen atoms in total. The van der Waals surface area contributed by atoms with Gasteiger partial charge in [0.1, 0.15) is 6.04 Å². The van der Waals surface area contributed by atoms with Crippen LogP contribution in [0.2, 0.25) is 0 Å². The van der Waals surface area contributed by atoms with Crippen LogP contribution in [0.5, 0.6) is 0 Å². The summed E-state index contributed by atoms with van der Waals surface area (Å²) in [6, 6.07) is 7.23. The first-order valence-corrected chi connectivity index (χ1v) is 6.11. The molecule has 0 unspecified atom stereocenters. The summed E-state index contributed by atoms with van der Waals surface area (Å²) >= 11 is 0. The Morgan fingerprint density at radius 2 is 1.84 bits per heavy atom. The maximum Gasteiger partial charge on any atom is 0.263 e. The van der Waals surface area contributed by atoms with Crippen LogP contribution in [-0.4, -0.2) is 42.0 Å². The summed E-state index contributed by atoms with van der Waals surface area (Å²) in [7, 11) is 3.34. The summed E-state index contributed by atoms with van der Waals surface area (Å²) in [4.78, 5) is 23.7. The SMILES string of the molecule is Cc1ccc(NN[C@H]2CC(=O)N(N(C)C)C2=O)cc1. The number of rotatable bonds is 4. The number of imide groups is 1. The molecule has 1 aromatic rings. The van der Waals surface area contributed by atoms with Gasteiger partial charge in [0.15, 0.2) is 0 Å². The van der Waals surface area contributed by atoms with Crippen LogP contribution < -0.4 is 10.9 Å². The molecular weight excluding hydrogens is 244 g/mol. The molecule has 2 rings (SSSR count). The molecule has 1 heterocycles. The summed E-state index contributed by atoms with van der Waals surface area (Å²) in [5.74, 6) is -0.437. The van der Waals surface area contributed by atoms with Crippen molar-refractivity contribution in [3.8, 4) is 0 Å². The minimum Gasteiger partial charge on any atom is -0.321 e. The first kappa shape index (κ1) is 13.5. The van der Waals surface area contributed by atoms with E-state index in [0.717, 1.165) is 16.3 Å². The average Bonchev–Trinajstić information content (AvgIpc) is 2.63. The van der Waals surface area contributed by atoms with E-state index in [4.69, 9.17) is 0 Å². The fourth-order valence-corrected chi connectivity index (χ4v) is 1.96. The van der Waals surface area contributed by atoms with Crippen molar-refractivity contribution in [2.45, 2.75) is 19.4 Å². The molecule has 6 heteroatoms. The molecular formula is C13H18N4O2. The number of hydrogen-bond acceptors (Lipinski definition) is 5. The zero-order valence-corrected chi connectivity index (χ0v) is 11.3. The van der Waals surface area contributed by atoms with Gasteiger partial charge in [-0.15, -0.1) is 0 Å². The predicted molar refractivity (Wildman–Crippen MR) is 71.9 cm³/mol. The Morgan fingerprint density at radius 3 is 2.37 bits per heavy atom. The highest BCUT2D eigenvalue weighted by Gasteiger charge is 2.39. The number of benzene rings is 1. The minimum atomic E-state index is -0.531. The van der Waals surface area contributed by atoms with E-state index in [1.807, 2.05) is 31.2 Å². The molecule has 0 aromatic heterocycles. The van der Waals surface area contributed by atoms with E-state index in [0.29, 0.717) is 0 Å². The smallest absolute Gasteiger partial charge is 0.263 e. The van der Waals surface area contributed by atoms with Crippen molar-refractivity contribution in [1.29, 1.82) is 0 Å². The number of carbonyl (C=O) groups excluding carboxylic acids is 2. The summed E-state index contributed by atoms with van der Waals surface area (Å²) < 4.78 is 0. The fraction of sp³-hybridized carbons (Fsp3) is 0.385. The number of nitrogens with one attached hydrogen (secondary N) is 2. The van der Waals surface area contributed by atoms with Crippen LogP contribution in [0.3, 0.4) is 0 Å². The van der Waals surface area contributed by atoms with Crippen LogP contribution in [0.15, 0.2) is 24.3 Å². The molecule has 19 heavy (non-hydrogen) atoms. The van der Waals surface area contributed by atoms with Gasteiger partial charge in [-0.05, 0) is 19.1 Å². The van der Waals surface area contributed by atoms with E-state index in [9.17, 15) is 9.59 Å². The molecule has 2 N–H and O–H groups in total. The average molecular weight is 262 g/mol. The van der Waals surface area contributed by atoms with Crippen LogP contribution in [0.4, 0.5) is 5.69 Å². The molecule has 1 aromatic carbocycles. The molecule has 2 amide bonds. The first-order valence-electron chi connectivity index (χ1n) is 6.11. The normalized spacial score (nSPS) is 19.4. The second-order valence-corrected chi connectivity index (χ2v) is 4.78. The van der Waals surface area contributed by atoms with Crippen molar-refractivity contribution >= 4 is 17.5 Å².